The first-order valence-corrected chi connectivity index (χ1v) is 10.6. The van der Waals surface area contributed by atoms with E-state index in [-0.39, 0.29) is 5.91 Å². The Morgan fingerprint density at radius 3 is 2.50 bits per heavy atom. The molecule has 0 aliphatic rings. The quantitative estimate of drug-likeness (QED) is 0.462. The summed E-state index contributed by atoms with van der Waals surface area (Å²) in [6, 6.07) is 14.4. The number of fused-ring (bicyclic) bond motifs is 1. The third-order valence-electron chi connectivity index (χ3n) is 4.49. The van der Waals surface area contributed by atoms with Crippen molar-refractivity contribution in [2.45, 2.75) is 32.8 Å². The average molecular weight is 442 g/mol. The number of carbonyl (C=O) groups excluding carboxylic acids is 1. The Balaban J connectivity index is 1.46. The minimum atomic E-state index is -1.06. The van der Waals surface area contributed by atoms with Gasteiger partial charge in [0, 0.05) is 22.7 Å². The predicted molar refractivity (Wildman–Crippen MR) is 118 cm³/mol. The maximum atomic E-state index is 12.7. The van der Waals surface area contributed by atoms with Crippen LogP contribution in [-0.2, 0) is 11.2 Å². The number of hydrogen-bond acceptors (Lipinski definition) is 6. The second kappa shape index (κ2) is 8.04. The molecule has 1 N–H and O–H groups in total. The van der Waals surface area contributed by atoms with E-state index in [2.05, 4.69) is 20.6 Å². The minimum Gasteiger partial charge on any atom is -0.478 e. The zero-order chi connectivity index (χ0) is 21.3. The predicted octanol–water partition coefficient (Wildman–Crippen LogP) is 4.86. The van der Waals surface area contributed by atoms with E-state index in [4.69, 9.17) is 16.3 Å². The number of rotatable bonds is 6. The second-order valence-corrected chi connectivity index (χ2v) is 8.56. The van der Waals surface area contributed by atoms with Crippen LogP contribution in [0.4, 0.5) is 5.69 Å². The monoisotopic (exact) mass is 441 g/mol. The summed E-state index contributed by atoms with van der Waals surface area (Å²) in [5.74, 6) is 1.15. The van der Waals surface area contributed by atoms with E-state index < -0.39 is 5.60 Å². The first-order valence-electron chi connectivity index (χ1n) is 9.43. The van der Waals surface area contributed by atoms with Crippen LogP contribution in [0.1, 0.15) is 26.6 Å². The van der Waals surface area contributed by atoms with Gasteiger partial charge in [-0.3, -0.25) is 4.79 Å². The highest BCUT2D eigenvalue weighted by atomic mass is 35.5. The van der Waals surface area contributed by atoms with E-state index in [1.807, 2.05) is 31.2 Å². The highest BCUT2D eigenvalue weighted by molar-refractivity contribution is 7.19. The van der Waals surface area contributed by atoms with Crippen LogP contribution in [0.25, 0.3) is 15.5 Å². The van der Waals surface area contributed by atoms with Gasteiger partial charge in [-0.15, -0.1) is 10.2 Å². The van der Waals surface area contributed by atoms with Gasteiger partial charge in [-0.05, 0) is 62.4 Å². The molecule has 2 heterocycles. The molecular formula is C21H20ClN5O2S. The summed E-state index contributed by atoms with van der Waals surface area (Å²) in [7, 11) is 0. The van der Waals surface area contributed by atoms with Crippen LogP contribution >= 0.6 is 22.9 Å². The number of benzene rings is 2. The molecule has 2 aromatic carbocycles. The SMILES string of the molecule is CCc1nnc2sc(-c3ccc(NC(=O)C(C)(C)Oc4ccc(Cl)cc4)cc3)nn12. The van der Waals surface area contributed by atoms with Crippen molar-refractivity contribution < 1.29 is 9.53 Å². The summed E-state index contributed by atoms with van der Waals surface area (Å²) in [5.41, 5.74) is 0.562. The molecule has 0 fully saturated rings. The number of anilines is 1. The Labute approximate surface area is 182 Å². The molecule has 4 rings (SSSR count). The number of amides is 1. The fraction of sp³-hybridized carbons (Fsp3) is 0.238. The lowest BCUT2D eigenvalue weighted by molar-refractivity contribution is -0.128. The standard InChI is InChI=1S/C21H20ClN5O2S/c1-4-17-24-25-20-27(17)26-18(30-20)13-5-9-15(10-6-13)23-19(28)21(2,3)29-16-11-7-14(22)8-12-16/h5-12H,4H2,1-3H3,(H,23,28). The molecule has 0 atom stereocenters. The number of hydrogen-bond donors (Lipinski definition) is 1. The fourth-order valence-corrected chi connectivity index (χ4v) is 3.81. The van der Waals surface area contributed by atoms with Gasteiger partial charge >= 0.3 is 0 Å². The van der Waals surface area contributed by atoms with Crippen LogP contribution in [0.5, 0.6) is 5.75 Å². The number of aryl methyl sites for hydroxylation is 1. The molecule has 2 aromatic heterocycles. The molecule has 7 nitrogen and oxygen atoms in total. The summed E-state index contributed by atoms with van der Waals surface area (Å²) in [6.45, 7) is 5.46. The van der Waals surface area contributed by atoms with Crippen LogP contribution in [0.3, 0.4) is 0 Å². The summed E-state index contributed by atoms with van der Waals surface area (Å²) < 4.78 is 7.61. The van der Waals surface area contributed by atoms with Crippen molar-refractivity contribution in [3.8, 4) is 16.3 Å². The molecule has 0 saturated heterocycles. The average Bonchev–Trinajstić information content (AvgIpc) is 3.31. The van der Waals surface area contributed by atoms with Crippen molar-refractivity contribution in [1.82, 2.24) is 19.8 Å². The number of aromatic nitrogens is 4. The van der Waals surface area contributed by atoms with E-state index in [9.17, 15) is 4.79 Å². The molecule has 0 saturated carbocycles. The van der Waals surface area contributed by atoms with Crippen LogP contribution in [0.15, 0.2) is 48.5 Å². The van der Waals surface area contributed by atoms with Gasteiger partial charge in [-0.2, -0.15) is 9.61 Å². The Hall–Kier alpha value is -2.97. The molecular weight excluding hydrogens is 422 g/mol. The molecule has 154 valence electrons. The largest absolute Gasteiger partial charge is 0.478 e. The highest BCUT2D eigenvalue weighted by Crippen LogP contribution is 2.27. The van der Waals surface area contributed by atoms with Gasteiger partial charge < -0.3 is 10.1 Å². The van der Waals surface area contributed by atoms with Gasteiger partial charge in [0.15, 0.2) is 11.4 Å². The Bertz CT molecular complexity index is 1180. The molecule has 0 aliphatic heterocycles. The van der Waals surface area contributed by atoms with Gasteiger partial charge in [-0.1, -0.05) is 29.9 Å². The molecule has 0 spiro atoms. The molecule has 1 amide bonds. The Morgan fingerprint density at radius 2 is 1.83 bits per heavy atom. The normalized spacial score (nSPS) is 11.6. The highest BCUT2D eigenvalue weighted by Gasteiger charge is 2.30. The van der Waals surface area contributed by atoms with E-state index in [0.717, 1.165) is 27.8 Å². The lowest BCUT2D eigenvalue weighted by atomic mass is 10.1. The van der Waals surface area contributed by atoms with Crippen molar-refractivity contribution >= 4 is 39.5 Å². The third-order valence-corrected chi connectivity index (χ3v) is 5.69. The summed E-state index contributed by atoms with van der Waals surface area (Å²) in [4.78, 5) is 13.5. The van der Waals surface area contributed by atoms with Crippen LogP contribution < -0.4 is 10.1 Å². The fourth-order valence-electron chi connectivity index (χ4n) is 2.82. The number of nitrogens with one attached hydrogen (secondary N) is 1. The molecule has 0 bridgehead atoms. The topological polar surface area (TPSA) is 81.4 Å². The van der Waals surface area contributed by atoms with E-state index >= 15 is 0 Å². The Kier molecular flexibility index (Phi) is 5.44. The van der Waals surface area contributed by atoms with E-state index in [1.165, 1.54) is 11.3 Å². The molecule has 30 heavy (non-hydrogen) atoms. The third kappa shape index (κ3) is 4.15. The smallest absolute Gasteiger partial charge is 0.267 e. The van der Waals surface area contributed by atoms with Gasteiger partial charge in [0.2, 0.25) is 4.96 Å². The zero-order valence-electron chi connectivity index (χ0n) is 16.7. The molecule has 0 aliphatic carbocycles. The van der Waals surface area contributed by atoms with E-state index in [1.54, 1.807) is 42.6 Å². The van der Waals surface area contributed by atoms with Gasteiger partial charge in [0.1, 0.15) is 10.8 Å². The summed E-state index contributed by atoms with van der Waals surface area (Å²) >= 11 is 7.37. The van der Waals surface area contributed by atoms with Crippen molar-refractivity contribution in [3.63, 3.8) is 0 Å². The maximum Gasteiger partial charge on any atom is 0.267 e. The second-order valence-electron chi connectivity index (χ2n) is 7.17. The number of ether oxygens (including phenoxy) is 1. The van der Waals surface area contributed by atoms with Crippen molar-refractivity contribution in [1.29, 1.82) is 0 Å². The molecule has 9 heteroatoms. The first-order chi connectivity index (χ1) is 14.4. The molecule has 4 aromatic rings. The van der Waals surface area contributed by atoms with Crippen LogP contribution in [0, 0.1) is 0 Å². The van der Waals surface area contributed by atoms with Crippen molar-refractivity contribution in [2.75, 3.05) is 5.32 Å². The first kappa shape index (κ1) is 20.3. The number of nitrogens with zero attached hydrogens (tertiary/aromatic N) is 4. The number of halogens is 1. The molecule has 0 radical (unpaired) electrons. The summed E-state index contributed by atoms with van der Waals surface area (Å²) in [6.07, 6.45) is 0.767. The zero-order valence-corrected chi connectivity index (χ0v) is 18.3. The lowest BCUT2D eigenvalue weighted by Crippen LogP contribution is -2.42. The maximum absolute atomic E-state index is 12.7. The minimum absolute atomic E-state index is 0.253. The van der Waals surface area contributed by atoms with Crippen molar-refractivity contribution in [2.24, 2.45) is 0 Å². The lowest BCUT2D eigenvalue weighted by Gasteiger charge is -2.25. The van der Waals surface area contributed by atoms with Crippen LogP contribution in [0.2, 0.25) is 5.02 Å². The summed E-state index contributed by atoms with van der Waals surface area (Å²) in [5, 5.41) is 17.2. The van der Waals surface area contributed by atoms with E-state index in [0.29, 0.717) is 16.5 Å². The molecule has 0 unspecified atom stereocenters. The number of carbonyl (C=O) groups is 1. The van der Waals surface area contributed by atoms with Gasteiger partial charge in [0.25, 0.3) is 5.91 Å². The van der Waals surface area contributed by atoms with Crippen LogP contribution in [-0.4, -0.2) is 31.3 Å². The van der Waals surface area contributed by atoms with Gasteiger partial charge in [-0.25, -0.2) is 0 Å². The van der Waals surface area contributed by atoms with Crippen molar-refractivity contribution in [3.05, 3.63) is 59.4 Å². The van der Waals surface area contributed by atoms with Gasteiger partial charge in [0.05, 0.1) is 0 Å². The Morgan fingerprint density at radius 1 is 1.13 bits per heavy atom.